The molecule has 0 N–H and O–H groups in total. The summed E-state index contributed by atoms with van der Waals surface area (Å²) in [7, 11) is 0. The fraction of sp³-hybridized carbons (Fsp3) is 0.634. The van der Waals surface area contributed by atoms with Gasteiger partial charge in [-0.15, -0.1) is 0 Å². The summed E-state index contributed by atoms with van der Waals surface area (Å²) in [5, 5.41) is 0. The van der Waals surface area contributed by atoms with E-state index in [0.29, 0.717) is 6.04 Å². The number of hydrogen-bond acceptors (Lipinski definition) is 0. The topological polar surface area (TPSA) is 8.81 Å². The van der Waals surface area contributed by atoms with Crippen molar-refractivity contribution in [2.75, 3.05) is 0 Å². The van der Waals surface area contributed by atoms with E-state index < -0.39 is 0 Å². The van der Waals surface area contributed by atoms with Crippen LogP contribution in [0.1, 0.15) is 160 Å². The van der Waals surface area contributed by atoms with Gasteiger partial charge in [0, 0.05) is 5.41 Å². The van der Waals surface area contributed by atoms with Gasteiger partial charge >= 0.3 is 0 Å². The maximum atomic E-state index is 2.57. The van der Waals surface area contributed by atoms with Crippen molar-refractivity contribution in [2.45, 2.75) is 167 Å². The van der Waals surface area contributed by atoms with Crippen LogP contribution in [0.4, 0.5) is 0 Å². The van der Waals surface area contributed by atoms with Gasteiger partial charge in [0.1, 0.15) is 18.4 Å². The molecule has 43 heavy (non-hydrogen) atoms. The first-order valence-corrected chi connectivity index (χ1v) is 18.3. The Hall–Kier alpha value is -2.35. The predicted molar refractivity (Wildman–Crippen MR) is 187 cm³/mol. The first-order chi connectivity index (χ1) is 21.2. The average Bonchev–Trinajstić information content (AvgIpc) is 3.50. The molecule has 2 atom stereocenters. The zero-order valence-electron chi connectivity index (χ0n) is 28.3. The van der Waals surface area contributed by atoms with E-state index in [4.69, 9.17) is 0 Å². The van der Waals surface area contributed by atoms with Crippen molar-refractivity contribution in [3.8, 4) is 0 Å². The summed E-state index contributed by atoms with van der Waals surface area (Å²) < 4.78 is 5.02. The van der Waals surface area contributed by atoms with Crippen LogP contribution in [0.25, 0.3) is 0 Å². The van der Waals surface area contributed by atoms with Crippen molar-refractivity contribution in [1.29, 1.82) is 0 Å². The second-order valence-corrected chi connectivity index (χ2v) is 13.5. The first kappa shape index (κ1) is 35.1. The van der Waals surface area contributed by atoms with Gasteiger partial charge in [-0.3, -0.25) is 0 Å². The van der Waals surface area contributed by atoms with Crippen molar-refractivity contribution < 1.29 is 4.57 Å². The monoisotopic (exact) mass is 586 g/mol. The van der Waals surface area contributed by atoms with Crippen LogP contribution in [0.2, 0.25) is 0 Å². The number of aryl methyl sites for hydroxylation is 1. The number of imidazole rings is 1. The SMILES string of the molecule is CCCCCCCCCCCCCCC[n+]1ccn(C(CCCCCCC)C(C)(Cc2ccccc2)c2ccccc2)c1. The molecule has 0 aliphatic carbocycles. The maximum Gasteiger partial charge on any atom is 0.244 e. The average molecular weight is 586 g/mol. The van der Waals surface area contributed by atoms with Gasteiger partial charge in [-0.25, -0.2) is 9.13 Å². The Balaban J connectivity index is 1.56. The normalized spacial score (nSPS) is 13.7. The lowest BCUT2D eigenvalue weighted by atomic mass is 9.70. The van der Waals surface area contributed by atoms with E-state index in [2.05, 4.69) is 109 Å². The van der Waals surface area contributed by atoms with Crippen LogP contribution in [-0.4, -0.2) is 4.57 Å². The first-order valence-electron chi connectivity index (χ1n) is 18.3. The summed E-state index contributed by atoms with van der Waals surface area (Å²) in [5.41, 5.74) is 2.89. The molecule has 0 saturated carbocycles. The predicted octanol–water partition coefficient (Wildman–Crippen LogP) is 12.0. The van der Waals surface area contributed by atoms with Gasteiger partial charge in [0.25, 0.3) is 0 Å². The standard InChI is InChI=1S/C41H65N2/c1-4-6-8-10-11-12-13-14-15-16-17-19-27-33-42-34-35-43(37-42)40(32-26-18-9-7-5-2)41(3,39-30-24-21-25-31-39)36-38-28-22-20-23-29-38/h20-25,28-31,34-35,37,40H,4-19,26-27,32-33,36H2,1-3H3/q+1. The molecule has 0 bridgehead atoms. The van der Waals surface area contributed by atoms with Crippen molar-refractivity contribution in [3.05, 3.63) is 90.5 Å². The molecule has 0 fully saturated rings. The number of unbranched alkanes of at least 4 members (excludes halogenated alkanes) is 16. The lowest BCUT2D eigenvalue weighted by molar-refractivity contribution is -0.697. The summed E-state index contributed by atoms with van der Waals surface area (Å²) in [4.78, 5) is 0. The van der Waals surface area contributed by atoms with Crippen LogP contribution >= 0.6 is 0 Å². The van der Waals surface area contributed by atoms with Crippen LogP contribution in [0, 0.1) is 0 Å². The molecule has 0 radical (unpaired) electrons. The lowest BCUT2D eigenvalue weighted by Gasteiger charge is -2.37. The second kappa shape index (κ2) is 21.4. The lowest BCUT2D eigenvalue weighted by Crippen LogP contribution is -2.38. The van der Waals surface area contributed by atoms with Gasteiger partial charge in [-0.1, -0.05) is 178 Å². The minimum Gasteiger partial charge on any atom is -0.237 e. The summed E-state index contributed by atoms with van der Waals surface area (Å²) in [6.45, 7) is 8.26. The highest BCUT2D eigenvalue weighted by Gasteiger charge is 2.40. The molecule has 0 spiro atoms. The third-order valence-electron chi connectivity index (χ3n) is 9.76. The van der Waals surface area contributed by atoms with Crippen LogP contribution < -0.4 is 4.57 Å². The highest BCUT2D eigenvalue weighted by Crippen LogP contribution is 2.41. The van der Waals surface area contributed by atoms with E-state index in [0.717, 1.165) is 13.0 Å². The van der Waals surface area contributed by atoms with Gasteiger partial charge < -0.3 is 0 Å². The number of aromatic nitrogens is 2. The molecule has 0 amide bonds. The molecular weight excluding hydrogens is 520 g/mol. The molecule has 0 saturated heterocycles. The van der Waals surface area contributed by atoms with Crippen molar-refractivity contribution in [2.24, 2.45) is 0 Å². The minimum atomic E-state index is 0.0136. The van der Waals surface area contributed by atoms with Crippen molar-refractivity contribution in [3.63, 3.8) is 0 Å². The number of nitrogens with zero attached hydrogens (tertiary/aromatic N) is 2. The highest BCUT2D eigenvalue weighted by atomic mass is 15.1. The number of rotatable bonds is 25. The molecule has 2 nitrogen and oxygen atoms in total. The Bertz CT molecular complexity index is 1060. The van der Waals surface area contributed by atoms with Crippen LogP contribution in [0.3, 0.4) is 0 Å². The van der Waals surface area contributed by atoms with E-state index in [9.17, 15) is 0 Å². The smallest absolute Gasteiger partial charge is 0.237 e. The molecule has 238 valence electrons. The summed E-state index contributed by atoms with van der Waals surface area (Å²) >= 11 is 0. The maximum absolute atomic E-state index is 2.57. The Morgan fingerprint density at radius 3 is 1.65 bits per heavy atom. The van der Waals surface area contributed by atoms with E-state index in [1.54, 1.807) is 0 Å². The molecule has 2 heteroatoms. The zero-order chi connectivity index (χ0) is 30.4. The van der Waals surface area contributed by atoms with Gasteiger partial charge in [-0.05, 0) is 43.2 Å². The van der Waals surface area contributed by atoms with Crippen LogP contribution in [0.5, 0.6) is 0 Å². The van der Waals surface area contributed by atoms with Crippen molar-refractivity contribution in [1.82, 2.24) is 4.57 Å². The quantitative estimate of drug-likeness (QED) is 0.0690. The van der Waals surface area contributed by atoms with Gasteiger partial charge in [0.2, 0.25) is 6.33 Å². The van der Waals surface area contributed by atoms with Crippen LogP contribution in [-0.2, 0) is 18.4 Å². The number of hydrogen-bond donors (Lipinski definition) is 0. The second-order valence-electron chi connectivity index (χ2n) is 13.5. The van der Waals surface area contributed by atoms with E-state index >= 15 is 0 Å². The Kier molecular flexibility index (Phi) is 17.5. The minimum absolute atomic E-state index is 0.0136. The molecule has 2 aromatic carbocycles. The molecule has 3 rings (SSSR count). The summed E-state index contributed by atoms with van der Waals surface area (Å²) in [6.07, 6.45) is 34.3. The van der Waals surface area contributed by atoms with Gasteiger partial charge in [-0.2, -0.15) is 0 Å². The molecule has 1 aromatic heterocycles. The fourth-order valence-electron chi connectivity index (χ4n) is 7.03. The Labute approximate surface area is 266 Å². The molecule has 2 unspecified atom stereocenters. The third-order valence-corrected chi connectivity index (χ3v) is 9.76. The molecule has 0 aliphatic heterocycles. The zero-order valence-corrected chi connectivity index (χ0v) is 28.3. The molecule has 0 aliphatic rings. The van der Waals surface area contributed by atoms with E-state index in [1.807, 2.05) is 0 Å². The summed E-state index contributed by atoms with van der Waals surface area (Å²) in [5.74, 6) is 0. The van der Waals surface area contributed by atoms with Crippen molar-refractivity contribution >= 4 is 0 Å². The van der Waals surface area contributed by atoms with E-state index in [1.165, 1.54) is 133 Å². The summed E-state index contributed by atoms with van der Waals surface area (Å²) in [6, 6.07) is 22.9. The number of benzene rings is 2. The molecule has 3 aromatic rings. The Morgan fingerprint density at radius 2 is 1.09 bits per heavy atom. The van der Waals surface area contributed by atoms with Gasteiger partial charge in [0.15, 0.2) is 0 Å². The van der Waals surface area contributed by atoms with Gasteiger partial charge in [0.05, 0.1) is 6.54 Å². The largest absolute Gasteiger partial charge is 0.244 e. The highest BCUT2D eigenvalue weighted by molar-refractivity contribution is 5.30. The molecular formula is C41H65N2+. The fourth-order valence-corrected chi connectivity index (χ4v) is 7.03. The third kappa shape index (κ3) is 13.0. The van der Waals surface area contributed by atoms with E-state index in [-0.39, 0.29) is 5.41 Å². The Morgan fingerprint density at radius 1 is 0.605 bits per heavy atom. The van der Waals surface area contributed by atoms with Crippen LogP contribution in [0.15, 0.2) is 79.4 Å². The molecule has 1 heterocycles.